The Hall–Kier alpha value is -6.41. The van der Waals surface area contributed by atoms with Crippen molar-refractivity contribution < 1.29 is 38.9 Å². The van der Waals surface area contributed by atoms with Crippen LogP contribution in [0.3, 0.4) is 0 Å². The molecule has 4 aromatic rings. The molecule has 0 saturated carbocycles. The van der Waals surface area contributed by atoms with Crippen molar-refractivity contribution in [3.8, 4) is 17.2 Å². The fraction of sp³-hybridized carbons (Fsp3) is 0.370. The van der Waals surface area contributed by atoms with Crippen LogP contribution in [0.15, 0.2) is 78.9 Å². The highest BCUT2D eigenvalue weighted by Crippen LogP contribution is 2.37. The summed E-state index contributed by atoms with van der Waals surface area (Å²) in [4.78, 5) is 74.8. The summed E-state index contributed by atoms with van der Waals surface area (Å²) >= 11 is 0. The number of anilines is 1. The lowest BCUT2D eigenvalue weighted by molar-refractivity contribution is -0.136. The topological polar surface area (TPSA) is 163 Å². The molecule has 5 aliphatic heterocycles. The normalized spacial score (nSPS) is 19.7. The SMILES string of the molecule is O=C1CCC(N2Cc3cc(N4CCN(CC5CCN(C(=O)c6ccc7c(c6)CN(C(=O)c6c(O)cc(O)cc6OCc6ccccc6)C7)CC5)CC4)ccc3C2=O)C(=O)N1. The van der Waals surface area contributed by atoms with E-state index in [9.17, 15) is 34.2 Å². The maximum Gasteiger partial charge on any atom is 0.262 e. The molecule has 3 fully saturated rings. The van der Waals surface area contributed by atoms with E-state index < -0.39 is 17.9 Å². The van der Waals surface area contributed by atoms with Crippen molar-refractivity contribution in [1.29, 1.82) is 0 Å². The first kappa shape index (κ1) is 39.1. The molecule has 14 nitrogen and oxygen atoms in total. The zero-order valence-electron chi connectivity index (χ0n) is 33.3. The van der Waals surface area contributed by atoms with Crippen LogP contribution in [0, 0.1) is 5.92 Å². The van der Waals surface area contributed by atoms with Crippen LogP contribution in [0.5, 0.6) is 17.2 Å². The molecular weight excluding hydrogens is 765 g/mol. The molecule has 5 amide bonds. The van der Waals surface area contributed by atoms with Gasteiger partial charge in [-0.15, -0.1) is 0 Å². The molecule has 3 N–H and O–H groups in total. The van der Waals surface area contributed by atoms with Gasteiger partial charge in [0.1, 0.15) is 35.5 Å². The Balaban J connectivity index is 0.749. The molecule has 0 aromatic heterocycles. The zero-order valence-corrected chi connectivity index (χ0v) is 33.3. The number of imide groups is 1. The fourth-order valence-electron chi connectivity index (χ4n) is 9.29. The first-order chi connectivity index (χ1) is 29.1. The fourth-order valence-corrected chi connectivity index (χ4v) is 9.29. The quantitative estimate of drug-likeness (QED) is 0.208. The van der Waals surface area contributed by atoms with E-state index in [1.807, 2.05) is 65.6 Å². The second-order valence-electron chi connectivity index (χ2n) is 16.5. The van der Waals surface area contributed by atoms with Gasteiger partial charge in [-0.1, -0.05) is 36.4 Å². The molecule has 0 aliphatic carbocycles. The molecule has 5 aliphatic rings. The number of hydrogen-bond donors (Lipinski definition) is 3. The zero-order chi connectivity index (χ0) is 41.5. The highest BCUT2D eigenvalue weighted by Gasteiger charge is 2.39. The van der Waals surface area contributed by atoms with Crippen molar-refractivity contribution in [3.05, 3.63) is 118 Å². The summed E-state index contributed by atoms with van der Waals surface area (Å²) in [6.45, 7) is 7.02. The number of nitrogens with zero attached hydrogens (tertiary/aromatic N) is 5. The van der Waals surface area contributed by atoms with E-state index >= 15 is 0 Å². The monoisotopic (exact) mass is 812 g/mol. The molecule has 0 spiro atoms. The van der Waals surface area contributed by atoms with Crippen LogP contribution in [-0.4, -0.2) is 111 Å². The molecular formula is C46H48N6O8. The van der Waals surface area contributed by atoms with Gasteiger partial charge in [-0.2, -0.15) is 0 Å². The third kappa shape index (κ3) is 7.86. The number of phenolic OH excluding ortho intramolecular Hbond substituents is 2. The number of rotatable bonds is 9. The van der Waals surface area contributed by atoms with E-state index in [0.29, 0.717) is 49.6 Å². The average Bonchev–Trinajstić information content (AvgIpc) is 3.83. The standard InChI is InChI=1S/C46H48N6O8/c53-36-22-39(54)42(40(23-36)60-28-30-4-2-1-3-5-30)46(59)51-25-32-7-6-31(20-33(32)26-51)44(57)50-14-12-29(13-15-50)24-48-16-18-49(19-17-48)35-8-9-37-34(21-35)27-52(45(37)58)38-10-11-41(55)47-43(38)56/h1-9,20-23,29,38,53-54H,10-19,24-28H2,(H,47,55,56). The highest BCUT2D eigenvalue weighted by atomic mass is 16.5. The average molecular weight is 813 g/mol. The number of amides is 5. The predicted molar refractivity (Wildman–Crippen MR) is 220 cm³/mol. The molecule has 310 valence electrons. The summed E-state index contributed by atoms with van der Waals surface area (Å²) in [6.07, 6.45) is 2.43. The summed E-state index contributed by atoms with van der Waals surface area (Å²) in [6, 6.07) is 22.8. The minimum Gasteiger partial charge on any atom is -0.508 e. The molecule has 60 heavy (non-hydrogen) atoms. The maximum absolute atomic E-state index is 13.8. The number of piperazine rings is 1. The predicted octanol–water partition coefficient (Wildman–Crippen LogP) is 4.27. The number of carbonyl (C=O) groups is 5. The van der Waals surface area contributed by atoms with Crippen molar-refractivity contribution >= 4 is 35.2 Å². The number of carbonyl (C=O) groups excluding carboxylic acids is 5. The number of phenols is 2. The summed E-state index contributed by atoms with van der Waals surface area (Å²) in [5.41, 5.74) is 5.88. The van der Waals surface area contributed by atoms with Crippen molar-refractivity contribution in [2.24, 2.45) is 5.92 Å². The molecule has 3 saturated heterocycles. The molecule has 0 radical (unpaired) electrons. The number of fused-ring (bicyclic) bond motifs is 2. The van der Waals surface area contributed by atoms with Crippen LogP contribution in [-0.2, 0) is 35.8 Å². The minimum atomic E-state index is -0.624. The minimum absolute atomic E-state index is 0.0151. The smallest absolute Gasteiger partial charge is 0.262 e. The van der Waals surface area contributed by atoms with E-state index in [2.05, 4.69) is 21.2 Å². The van der Waals surface area contributed by atoms with E-state index in [1.165, 1.54) is 6.07 Å². The van der Waals surface area contributed by atoms with Crippen LogP contribution in [0.2, 0.25) is 0 Å². The Morgan fingerprint density at radius 3 is 2.27 bits per heavy atom. The van der Waals surface area contributed by atoms with Gasteiger partial charge in [-0.25, -0.2) is 0 Å². The molecule has 4 aromatic carbocycles. The third-order valence-electron chi connectivity index (χ3n) is 12.6. The number of benzene rings is 4. The first-order valence-electron chi connectivity index (χ1n) is 20.8. The van der Waals surface area contributed by atoms with Gasteiger partial charge >= 0.3 is 0 Å². The van der Waals surface area contributed by atoms with Crippen molar-refractivity contribution in [1.82, 2.24) is 24.9 Å². The number of hydrogen-bond acceptors (Lipinski definition) is 10. The van der Waals surface area contributed by atoms with Gasteiger partial charge in [-0.05, 0) is 77.8 Å². The second kappa shape index (κ2) is 16.3. The van der Waals surface area contributed by atoms with Crippen LogP contribution in [0.4, 0.5) is 5.69 Å². The van der Waals surface area contributed by atoms with Crippen molar-refractivity contribution in [3.63, 3.8) is 0 Å². The number of likely N-dealkylation sites (tertiary alicyclic amines) is 1. The van der Waals surface area contributed by atoms with Gasteiger partial charge in [0.2, 0.25) is 11.8 Å². The Bertz CT molecular complexity index is 2350. The number of nitrogens with one attached hydrogen (secondary N) is 1. The Kier molecular flexibility index (Phi) is 10.6. The Morgan fingerprint density at radius 1 is 0.733 bits per heavy atom. The molecule has 9 rings (SSSR count). The van der Waals surface area contributed by atoms with E-state index in [-0.39, 0.29) is 60.1 Å². The largest absolute Gasteiger partial charge is 0.508 e. The van der Waals surface area contributed by atoms with Gasteiger partial charge in [0.05, 0.1) is 0 Å². The number of ether oxygens (including phenoxy) is 1. The summed E-state index contributed by atoms with van der Waals surface area (Å²) in [5.74, 6) is -1.29. The molecule has 14 heteroatoms. The summed E-state index contributed by atoms with van der Waals surface area (Å²) < 4.78 is 5.92. The van der Waals surface area contributed by atoms with Gasteiger partial charge < -0.3 is 34.5 Å². The van der Waals surface area contributed by atoms with E-state index in [4.69, 9.17) is 4.74 Å². The van der Waals surface area contributed by atoms with Crippen LogP contribution in [0.1, 0.15) is 79.0 Å². The summed E-state index contributed by atoms with van der Waals surface area (Å²) in [5, 5.41) is 23.3. The van der Waals surface area contributed by atoms with Crippen molar-refractivity contribution in [2.75, 3.05) is 50.7 Å². The lowest BCUT2D eigenvalue weighted by atomic mass is 9.95. The van der Waals surface area contributed by atoms with Gasteiger partial charge in [-0.3, -0.25) is 34.2 Å². The molecule has 1 unspecified atom stereocenters. The lowest BCUT2D eigenvalue weighted by Crippen LogP contribution is -2.52. The van der Waals surface area contributed by atoms with Gasteiger partial charge in [0, 0.05) is 101 Å². The second-order valence-corrected chi connectivity index (χ2v) is 16.5. The molecule has 5 heterocycles. The van der Waals surface area contributed by atoms with Crippen LogP contribution >= 0.6 is 0 Å². The first-order valence-corrected chi connectivity index (χ1v) is 20.8. The van der Waals surface area contributed by atoms with Crippen molar-refractivity contribution in [2.45, 2.75) is 58.0 Å². The van der Waals surface area contributed by atoms with Crippen LogP contribution < -0.4 is 15.0 Å². The molecule has 0 bridgehead atoms. The Labute approximate surface area is 347 Å². The third-order valence-corrected chi connectivity index (χ3v) is 12.6. The lowest BCUT2D eigenvalue weighted by Gasteiger charge is -2.39. The number of piperidine rings is 2. The highest BCUT2D eigenvalue weighted by molar-refractivity contribution is 6.05. The Morgan fingerprint density at radius 2 is 1.50 bits per heavy atom. The molecule has 1 atom stereocenters. The van der Waals surface area contributed by atoms with Gasteiger partial charge in [0.25, 0.3) is 17.7 Å². The number of aromatic hydroxyl groups is 2. The maximum atomic E-state index is 13.8. The summed E-state index contributed by atoms with van der Waals surface area (Å²) in [7, 11) is 0. The van der Waals surface area contributed by atoms with Gasteiger partial charge in [0.15, 0.2) is 0 Å². The van der Waals surface area contributed by atoms with E-state index in [0.717, 1.165) is 79.6 Å². The van der Waals surface area contributed by atoms with Crippen LogP contribution in [0.25, 0.3) is 0 Å². The van der Waals surface area contributed by atoms with E-state index in [1.54, 1.807) is 9.80 Å².